The molecule has 1 heterocycles. The van der Waals surface area contributed by atoms with Crippen LogP contribution >= 0.6 is 0 Å². The predicted molar refractivity (Wildman–Crippen MR) is 112 cm³/mol. The van der Waals surface area contributed by atoms with E-state index in [4.69, 9.17) is 10.8 Å². The Morgan fingerprint density at radius 3 is 2.41 bits per heavy atom. The summed E-state index contributed by atoms with van der Waals surface area (Å²) in [6.45, 7) is 1.90. The van der Waals surface area contributed by atoms with Gasteiger partial charge in [0.15, 0.2) is 0 Å². The quantitative estimate of drug-likeness (QED) is 0.626. The highest BCUT2D eigenvalue weighted by molar-refractivity contribution is 7.90. The average molecular weight is 410 g/mol. The highest BCUT2D eigenvalue weighted by atomic mass is 32.2. The molecule has 0 saturated heterocycles. The van der Waals surface area contributed by atoms with E-state index < -0.39 is 21.5 Å². The summed E-state index contributed by atoms with van der Waals surface area (Å²) in [5.41, 5.74) is 8.49. The van der Waals surface area contributed by atoms with Crippen LogP contribution in [0.1, 0.15) is 36.1 Å². The number of fused-ring (bicyclic) bond motifs is 1. The first kappa shape index (κ1) is 19.4. The van der Waals surface area contributed by atoms with Gasteiger partial charge in [-0.25, -0.2) is 17.2 Å². The lowest BCUT2D eigenvalue weighted by Crippen LogP contribution is -2.45. The third-order valence-corrected chi connectivity index (χ3v) is 7.26. The maximum Gasteiger partial charge on any atom is 0.328 e. The Labute approximate surface area is 169 Å². The Hall–Kier alpha value is -2.90. The molecule has 150 valence electrons. The molecule has 2 aromatic carbocycles. The Kier molecular flexibility index (Phi) is 4.59. The number of aromatic nitrogens is 1. The number of carboxylic acid groups (broad SMARTS) is 1. The second-order valence-electron chi connectivity index (χ2n) is 7.61. The third kappa shape index (κ3) is 3.36. The normalized spacial score (nSPS) is 16.2. The van der Waals surface area contributed by atoms with Gasteiger partial charge < -0.3 is 10.8 Å². The lowest BCUT2D eigenvalue weighted by atomic mass is 9.75. The van der Waals surface area contributed by atoms with Crippen LogP contribution in [-0.4, -0.2) is 23.5 Å². The highest BCUT2D eigenvalue weighted by Gasteiger charge is 2.40. The fourth-order valence-electron chi connectivity index (χ4n) is 3.70. The minimum absolute atomic E-state index is 0.191. The van der Waals surface area contributed by atoms with Gasteiger partial charge in [-0.1, -0.05) is 29.8 Å². The fourth-order valence-corrected chi connectivity index (χ4v) is 5.30. The molecule has 1 saturated carbocycles. The summed E-state index contributed by atoms with van der Waals surface area (Å²) < 4.78 is 28.5. The molecule has 1 aliphatic carbocycles. The monoisotopic (exact) mass is 410 g/mol. The third-order valence-electron chi connectivity index (χ3n) is 5.52. The molecule has 0 aliphatic heterocycles. The topological polar surface area (TPSA) is 102 Å². The average Bonchev–Trinajstić information content (AvgIpc) is 3.04. The van der Waals surface area contributed by atoms with E-state index in [1.165, 1.54) is 10.0 Å². The van der Waals surface area contributed by atoms with Crippen molar-refractivity contribution in [1.82, 2.24) is 3.97 Å². The number of benzene rings is 2. The SMILES string of the molecule is Cc1ccc(S(=O)(=O)n2c(C3(N)CCC3)cc3ccc(C=CC(=O)O)cc32)cc1. The standard InChI is InChI=1S/C22H22N2O4S/c1-15-3-8-18(9-4-15)29(27,28)24-19-13-16(6-10-21(25)26)5-7-17(19)14-20(24)22(23)11-2-12-22/h3-10,13-14H,2,11-12,23H2,1H3,(H,25,26). The van der Waals surface area contributed by atoms with Crippen molar-refractivity contribution in [3.05, 3.63) is 71.4 Å². The van der Waals surface area contributed by atoms with Crippen LogP contribution in [0.25, 0.3) is 17.0 Å². The van der Waals surface area contributed by atoms with Crippen molar-refractivity contribution in [3.63, 3.8) is 0 Å². The summed E-state index contributed by atoms with van der Waals surface area (Å²) in [6, 6.07) is 13.8. The molecular formula is C22H22N2O4S. The van der Waals surface area contributed by atoms with E-state index in [2.05, 4.69) is 0 Å². The van der Waals surface area contributed by atoms with Crippen molar-refractivity contribution < 1.29 is 18.3 Å². The number of hydrogen-bond acceptors (Lipinski definition) is 4. The molecule has 0 atom stereocenters. The minimum atomic E-state index is -3.88. The molecule has 1 fully saturated rings. The first-order chi connectivity index (χ1) is 13.7. The highest BCUT2D eigenvalue weighted by Crippen LogP contribution is 2.42. The predicted octanol–water partition coefficient (Wildman–Crippen LogP) is 3.62. The van der Waals surface area contributed by atoms with Crippen LogP contribution in [0.15, 0.2) is 59.5 Å². The smallest absolute Gasteiger partial charge is 0.328 e. The lowest BCUT2D eigenvalue weighted by Gasteiger charge is -2.38. The van der Waals surface area contributed by atoms with E-state index in [-0.39, 0.29) is 4.90 Å². The number of aryl methyl sites for hydroxylation is 1. The molecule has 0 bridgehead atoms. The van der Waals surface area contributed by atoms with Crippen LogP contribution in [0.3, 0.4) is 0 Å². The summed E-state index contributed by atoms with van der Waals surface area (Å²) >= 11 is 0. The van der Waals surface area contributed by atoms with Gasteiger partial charge in [0.1, 0.15) is 0 Å². The zero-order valence-corrected chi connectivity index (χ0v) is 16.8. The maximum absolute atomic E-state index is 13.6. The first-order valence-corrected chi connectivity index (χ1v) is 10.8. The van der Waals surface area contributed by atoms with Gasteiger partial charge in [-0.2, -0.15) is 0 Å². The van der Waals surface area contributed by atoms with Gasteiger partial charge in [0.25, 0.3) is 10.0 Å². The number of hydrogen-bond donors (Lipinski definition) is 2. The molecule has 4 rings (SSSR count). The van der Waals surface area contributed by atoms with Crippen LogP contribution in [0.2, 0.25) is 0 Å². The van der Waals surface area contributed by atoms with E-state index in [1.54, 1.807) is 42.5 Å². The van der Waals surface area contributed by atoms with Crippen LogP contribution in [0, 0.1) is 6.92 Å². The molecule has 6 nitrogen and oxygen atoms in total. The van der Waals surface area contributed by atoms with Crippen LogP contribution in [-0.2, 0) is 20.4 Å². The zero-order chi connectivity index (χ0) is 20.8. The molecule has 0 spiro atoms. The second kappa shape index (κ2) is 6.86. The Morgan fingerprint density at radius 1 is 1.14 bits per heavy atom. The van der Waals surface area contributed by atoms with Gasteiger partial charge in [-0.05, 0) is 62.1 Å². The van der Waals surface area contributed by atoms with Crippen LogP contribution < -0.4 is 5.73 Å². The van der Waals surface area contributed by atoms with Crippen molar-refractivity contribution in [3.8, 4) is 0 Å². The number of carboxylic acids is 1. The van der Waals surface area contributed by atoms with Gasteiger partial charge in [0.2, 0.25) is 0 Å². The second-order valence-corrected chi connectivity index (χ2v) is 9.40. The van der Waals surface area contributed by atoms with E-state index in [9.17, 15) is 13.2 Å². The van der Waals surface area contributed by atoms with E-state index in [1.807, 2.05) is 13.0 Å². The molecule has 0 radical (unpaired) electrons. The first-order valence-electron chi connectivity index (χ1n) is 9.39. The van der Waals surface area contributed by atoms with Crippen molar-refractivity contribution >= 4 is 33.0 Å². The summed E-state index contributed by atoms with van der Waals surface area (Å²) in [6.07, 6.45) is 4.87. The molecule has 0 unspecified atom stereocenters. The van der Waals surface area contributed by atoms with Gasteiger partial charge in [0.05, 0.1) is 21.6 Å². The van der Waals surface area contributed by atoms with Gasteiger partial charge in [0, 0.05) is 11.5 Å². The Bertz CT molecular complexity index is 1230. The van der Waals surface area contributed by atoms with Crippen molar-refractivity contribution in [2.75, 3.05) is 0 Å². The summed E-state index contributed by atoms with van der Waals surface area (Å²) in [5, 5.41) is 9.64. The minimum Gasteiger partial charge on any atom is -0.478 e. The molecule has 1 aliphatic rings. The zero-order valence-electron chi connectivity index (χ0n) is 16.0. The number of nitrogens with zero attached hydrogens (tertiary/aromatic N) is 1. The van der Waals surface area contributed by atoms with Crippen molar-refractivity contribution in [2.24, 2.45) is 5.73 Å². The van der Waals surface area contributed by atoms with Crippen LogP contribution in [0.4, 0.5) is 0 Å². The summed E-state index contributed by atoms with van der Waals surface area (Å²) in [5.74, 6) is -1.07. The molecule has 29 heavy (non-hydrogen) atoms. The van der Waals surface area contributed by atoms with Gasteiger partial charge in [-0.3, -0.25) is 0 Å². The largest absolute Gasteiger partial charge is 0.478 e. The molecule has 7 heteroatoms. The number of nitrogens with two attached hydrogens (primary N) is 1. The van der Waals surface area contributed by atoms with E-state index >= 15 is 0 Å². The van der Waals surface area contributed by atoms with E-state index in [0.29, 0.717) is 16.8 Å². The lowest BCUT2D eigenvalue weighted by molar-refractivity contribution is -0.131. The maximum atomic E-state index is 13.6. The van der Waals surface area contributed by atoms with Crippen molar-refractivity contribution in [2.45, 2.75) is 36.6 Å². The fraction of sp³-hybridized carbons (Fsp3) is 0.227. The molecule has 3 N–H and O–H groups in total. The summed E-state index contributed by atoms with van der Waals surface area (Å²) in [7, 11) is -3.88. The van der Waals surface area contributed by atoms with Crippen molar-refractivity contribution in [1.29, 1.82) is 0 Å². The molecule has 1 aromatic heterocycles. The molecular weight excluding hydrogens is 388 g/mol. The number of rotatable bonds is 5. The van der Waals surface area contributed by atoms with Crippen LogP contribution in [0.5, 0.6) is 0 Å². The number of carbonyl (C=O) groups is 1. The molecule has 0 amide bonds. The van der Waals surface area contributed by atoms with E-state index in [0.717, 1.165) is 36.3 Å². The Morgan fingerprint density at radius 2 is 1.83 bits per heavy atom. The molecule has 3 aromatic rings. The van der Waals surface area contributed by atoms with Gasteiger partial charge >= 0.3 is 5.97 Å². The summed E-state index contributed by atoms with van der Waals surface area (Å²) in [4.78, 5) is 11.0. The Balaban J connectivity index is 1.98. The van der Waals surface area contributed by atoms with Gasteiger partial charge in [-0.15, -0.1) is 0 Å². The number of aliphatic carboxylic acids is 1.